The number of halogens is 2. The van der Waals surface area contributed by atoms with Crippen molar-refractivity contribution in [2.75, 3.05) is 13.6 Å². The van der Waals surface area contributed by atoms with Gasteiger partial charge in [-0.1, -0.05) is 12.1 Å². The normalized spacial score (nSPS) is 11.7. The molecule has 2 aromatic rings. The van der Waals surface area contributed by atoms with E-state index >= 15 is 0 Å². The third-order valence-electron chi connectivity index (χ3n) is 3.91. The molecule has 0 unspecified atom stereocenters. The first-order chi connectivity index (χ1) is 11.8. The Morgan fingerprint density at radius 1 is 1.16 bits per heavy atom. The number of nitrogens with one attached hydrogen (secondary N) is 1. The molecule has 0 fully saturated rings. The van der Waals surface area contributed by atoms with Crippen LogP contribution in [0.15, 0.2) is 42.5 Å². The summed E-state index contributed by atoms with van der Waals surface area (Å²) in [6, 6.07) is 8.96. The molecule has 0 spiro atoms. The van der Waals surface area contributed by atoms with Crippen LogP contribution in [0.1, 0.15) is 28.9 Å². The highest BCUT2D eigenvalue weighted by molar-refractivity contribution is 5.96. The zero-order valence-electron chi connectivity index (χ0n) is 13.8. The molecule has 0 aliphatic carbocycles. The van der Waals surface area contributed by atoms with E-state index in [1.54, 1.807) is 32.2 Å². The molecule has 0 saturated carbocycles. The van der Waals surface area contributed by atoms with E-state index < -0.39 is 17.5 Å². The molecule has 0 saturated heterocycles. The Balaban J connectivity index is 1.96. The molecule has 0 aromatic heterocycles. The van der Waals surface area contributed by atoms with E-state index in [9.17, 15) is 23.5 Å². The van der Waals surface area contributed by atoms with Gasteiger partial charge < -0.3 is 15.3 Å². The third kappa shape index (κ3) is 4.53. The smallest absolute Gasteiger partial charge is 0.251 e. The Bertz CT molecular complexity index is 796. The number of benzene rings is 2. The maximum absolute atomic E-state index is 13.1. The summed E-state index contributed by atoms with van der Waals surface area (Å²) in [6.45, 7) is 1.49. The van der Waals surface area contributed by atoms with Crippen LogP contribution in [0.2, 0.25) is 0 Å². The summed E-state index contributed by atoms with van der Waals surface area (Å²) in [6.07, 6.45) is 0. The van der Waals surface area contributed by atoms with Crippen molar-refractivity contribution in [3.8, 4) is 5.75 Å². The van der Waals surface area contributed by atoms with Gasteiger partial charge in [-0.2, -0.15) is 0 Å². The van der Waals surface area contributed by atoms with E-state index in [0.717, 1.165) is 23.8 Å². The van der Waals surface area contributed by atoms with Gasteiger partial charge in [-0.15, -0.1) is 0 Å². The van der Waals surface area contributed by atoms with Gasteiger partial charge in [0.25, 0.3) is 5.91 Å². The van der Waals surface area contributed by atoms with Crippen LogP contribution in [0.4, 0.5) is 8.78 Å². The minimum absolute atomic E-state index is 0.0737. The number of carbonyl (C=O) groups excluding carboxylic acids is 2. The highest BCUT2D eigenvalue weighted by atomic mass is 19.2. The van der Waals surface area contributed by atoms with E-state index in [4.69, 9.17) is 0 Å². The van der Waals surface area contributed by atoms with Gasteiger partial charge in [0.15, 0.2) is 11.6 Å². The van der Waals surface area contributed by atoms with Gasteiger partial charge in [0.1, 0.15) is 5.75 Å². The van der Waals surface area contributed by atoms with Gasteiger partial charge in [0.2, 0.25) is 5.91 Å². The van der Waals surface area contributed by atoms with Crippen molar-refractivity contribution in [2.24, 2.45) is 0 Å². The topological polar surface area (TPSA) is 69.6 Å². The third-order valence-corrected chi connectivity index (χ3v) is 3.91. The summed E-state index contributed by atoms with van der Waals surface area (Å²) < 4.78 is 26.0. The number of carbonyl (C=O) groups is 2. The number of phenols is 1. The van der Waals surface area contributed by atoms with Gasteiger partial charge in [0.05, 0.1) is 12.6 Å². The maximum Gasteiger partial charge on any atom is 0.251 e. The molecule has 0 bridgehead atoms. The number of hydrogen-bond acceptors (Lipinski definition) is 3. The lowest BCUT2D eigenvalue weighted by Gasteiger charge is -2.25. The summed E-state index contributed by atoms with van der Waals surface area (Å²) in [5.74, 6) is -3.13. The second-order valence-electron chi connectivity index (χ2n) is 5.59. The van der Waals surface area contributed by atoms with Gasteiger partial charge in [-0.3, -0.25) is 9.59 Å². The van der Waals surface area contributed by atoms with Crippen molar-refractivity contribution >= 4 is 11.8 Å². The Hall–Kier alpha value is -2.96. The van der Waals surface area contributed by atoms with E-state index in [2.05, 4.69) is 5.32 Å². The molecule has 0 radical (unpaired) electrons. The molecule has 0 aliphatic heterocycles. The fourth-order valence-electron chi connectivity index (χ4n) is 2.24. The molecule has 7 heteroatoms. The first kappa shape index (κ1) is 18.4. The van der Waals surface area contributed by atoms with Crippen LogP contribution in [-0.4, -0.2) is 35.4 Å². The summed E-state index contributed by atoms with van der Waals surface area (Å²) >= 11 is 0. The standard InChI is InChI=1S/C18H18F2N2O3/c1-11(12-4-3-5-14(23)8-12)22(2)17(24)10-21-18(25)13-6-7-15(19)16(20)9-13/h3-9,11,23H,10H2,1-2H3,(H,21,25)/t11-/m0/s1. The molecule has 2 N–H and O–H groups in total. The fraction of sp³-hybridized carbons (Fsp3) is 0.222. The zero-order valence-corrected chi connectivity index (χ0v) is 13.8. The fourth-order valence-corrected chi connectivity index (χ4v) is 2.24. The van der Waals surface area contributed by atoms with Crippen molar-refractivity contribution in [3.05, 3.63) is 65.2 Å². The van der Waals surface area contributed by atoms with Gasteiger partial charge in [0, 0.05) is 12.6 Å². The summed E-state index contributed by atoms with van der Waals surface area (Å²) in [4.78, 5) is 25.5. The number of hydrogen-bond donors (Lipinski definition) is 2. The van der Waals surface area contributed by atoms with Crippen molar-refractivity contribution in [1.82, 2.24) is 10.2 Å². The van der Waals surface area contributed by atoms with Crippen molar-refractivity contribution < 1.29 is 23.5 Å². The molecule has 2 aromatic carbocycles. The van der Waals surface area contributed by atoms with E-state index in [1.165, 1.54) is 11.0 Å². The second-order valence-corrected chi connectivity index (χ2v) is 5.59. The van der Waals surface area contributed by atoms with Crippen molar-refractivity contribution in [2.45, 2.75) is 13.0 Å². The van der Waals surface area contributed by atoms with Gasteiger partial charge in [-0.25, -0.2) is 8.78 Å². The van der Waals surface area contributed by atoms with Crippen LogP contribution in [0.25, 0.3) is 0 Å². The molecular formula is C18H18F2N2O3. The lowest BCUT2D eigenvalue weighted by Crippen LogP contribution is -2.39. The van der Waals surface area contributed by atoms with E-state index in [-0.39, 0.29) is 29.8 Å². The molecule has 25 heavy (non-hydrogen) atoms. The summed E-state index contributed by atoms with van der Waals surface area (Å²) in [5, 5.41) is 11.9. The number of nitrogens with zero attached hydrogens (tertiary/aromatic N) is 1. The van der Waals surface area contributed by atoms with Crippen molar-refractivity contribution in [1.29, 1.82) is 0 Å². The second kappa shape index (κ2) is 7.74. The molecule has 5 nitrogen and oxygen atoms in total. The van der Waals surface area contributed by atoms with Crippen LogP contribution >= 0.6 is 0 Å². The molecule has 0 heterocycles. The van der Waals surface area contributed by atoms with Crippen LogP contribution in [-0.2, 0) is 4.79 Å². The number of phenolic OH excluding ortho intramolecular Hbond substituents is 1. The Morgan fingerprint density at radius 3 is 2.52 bits per heavy atom. The Morgan fingerprint density at radius 2 is 1.88 bits per heavy atom. The number of likely N-dealkylation sites (N-methyl/N-ethyl adjacent to an activating group) is 1. The predicted molar refractivity (Wildman–Crippen MR) is 88.0 cm³/mol. The van der Waals surface area contributed by atoms with Crippen molar-refractivity contribution in [3.63, 3.8) is 0 Å². The number of amides is 2. The Kier molecular flexibility index (Phi) is 5.69. The SMILES string of the molecule is C[C@@H](c1cccc(O)c1)N(C)C(=O)CNC(=O)c1ccc(F)c(F)c1. The lowest BCUT2D eigenvalue weighted by atomic mass is 10.1. The summed E-state index contributed by atoms with van der Waals surface area (Å²) in [7, 11) is 1.57. The first-order valence-electron chi connectivity index (χ1n) is 7.57. The molecular weight excluding hydrogens is 330 g/mol. The monoisotopic (exact) mass is 348 g/mol. The van der Waals surface area contributed by atoms with Gasteiger partial charge in [-0.05, 0) is 42.8 Å². The largest absolute Gasteiger partial charge is 0.508 e. The average Bonchev–Trinajstić information content (AvgIpc) is 2.60. The van der Waals surface area contributed by atoms with Crippen LogP contribution in [0.3, 0.4) is 0 Å². The predicted octanol–water partition coefficient (Wildman–Crippen LogP) is 2.62. The van der Waals surface area contributed by atoms with Crippen LogP contribution < -0.4 is 5.32 Å². The maximum atomic E-state index is 13.1. The van der Waals surface area contributed by atoms with E-state index in [0.29, 0.717) is 0 Å². The molecule has 0 aliphatic rings. The number of rotatable bonds is 5. The first-order valence-corrected chi connectivity index (χ1v) is 7.57. The molecule has 132 valence electrons. The minimum Gasteiger partial charge on any atom is -0.508 e. The quantitative estimate of drug-likeness (QED) is 0.873. The van der Waals surface area contributed by atoms with Gasteiger partial charge >= 0.3 is 0 Å². The summed E-state index contributed by atoms with van der Waals surface area (Å²) in [5.41, 5.74) is 0.665. The highest BCUT2D eigenvalue weighted by Gasteiger charge is 2.19. The molecule has 2 amide bonds. The minimum atomic E-state index is -1.13. The van der Waals surface area contributed by atoms with E-state index in [1.807, 2.05) is 0 Å². The number of aromatic hydroxyl groups is 1. The van der Waals surface area contributed by atoms with Crippen LogP contribution in [0, 0.1) is 11.6 Å². The average molecular weight is 348 g/mol. The Labute approximate surface area is 143 Å². The lowest BCUT2D eigenvalue weighted by molar-refractivity contribution is -0.130. The highest BCUT2D eigenvalue weighted by Crippen LogP contribution is 2.22. The van der Waals surface area contributed by atoms with Crippen LogP contribution in [0.5, 0.6) is 5.75 Å². The molecule has 1 atom stereocenters. The molecule has 2 rings (SSSR count). The zero-order chi connectivity index (χ0) is 18.6.